The Kier molecular flexibility index (Phi) is 8.60. The van der Waals surface area contributed by atoms with E-state index in [4.69, 9.17) is 24.4 Å². The van der Waals surface area contributed by atoms with E-state index in [-0.39, 0.29) is 0 Å². The molecular formula is C49H39N3O4P2. The zero-order valence-electron chi connectivity index (χ0n) is 32.6. The molecule has 2 aliphatic heterocycles. The molecule has 0 saturated carbocycles. The van der Waals surface area contributed by atoms with Gasteiger partial charge >= 0.3 is 0 Å². The lowest BCUT2D eigenvalue weighted by molar-refractivity contribution is 0.397. The molecule has 0 bridgehead atoms. The molecule has 1 aliphatic carbocycles. The Morgan fingerprint density at radius 2 is 0.897 bits per heavy atom. The van der Waals surface area contributed by atoms with Crippen molar-refractivity contribution in [3.05, 3.63) is 173 Å². The molecule has 3 heterocycles. The number of nitrogens with zero attached hydrogens (tertiary/aromatic N) is 3. The Morgan fingerprint density at radius 1 is 0.466 bits per heavy atom. The minimum absolute atomic E-state index is 0.483. The van der Waals surface area contributed by atoms with Gasteiger partial charge in [0.1, 0.15) is 23.0 Å². The van der Waals surface area contributed by atoms with Crippen LogP contribution in [0, 0.1) is 20.8 Å². The summed E-state index contributed by atoms with van der Waals surface area (Å²) in [5.74, 6) is 4.16. The number of hydrogen-bond acceptors (Lipinski definition) is 7. The molecule has 284 valence electrons. The van der Waals surface area contributed by atoms with E-state index in [2.05, 4.69) is 13.0 Å². The molecule has 6 aromatic carbocycles. The average Bonchev–Trinajstić information content (AvgIpc) is 3.25. The lowest BCUT2D eigenvalue weighted by Crippen LogP contribution is -2.31. The predicted molar refractivity (Wildman–Crippen MR) is 234 cm³/mol. The summed E-state index contributed by atoms with van der Waals surface area (Å²) in [5.41, 5.74) is 6.61. The quantitative estimate of drug-likeness (QED) is 0.160. The van der Waals surface area contributed by atoms with E-state index in [9.17, 15) is 0 Å². The zero-order chi connectivity index (χ0) is 39.8. The second-order valence-corrected chi connectivity index (χ2v) is 20.8. The molecule has 0 amide bonds. The van der Waals surface area contributed by atoms with Gasteiger partial charge in [0.15, 0.2) is 31.8 Å². The van der Waals surface area contributed by atoms with E-state index in [0.717, 1.165) is 67.9 Å². The van der Waals surface area contributed by atoms with Gasteiger partial charge in [-0.05, 0) is 76.6 Å². The minimum Gasteiger partial charge on any atom is -0.460 e. The smallest absolute Gasteiger partial charge is 0.178 e. The van der Waals surface area contributed by atoms with Crippen LogP contribution in [0.1, 0.15) is 36.5 Å². The maximum absolute atomic E-state index is 15.5. The third-order valence-corrected chi connectivity index (χ3v) is 17.4. The van der Waals surface area contributed by atoms with Gasteiger partial charge in [-0.1, -0.05) is 119 Å². The van der Waals surface area contributed by atoms with Gasteiger partial charge in [0.25, 0.3) is 0 Å². The zero-order valence-corrected chi connectivity index (χ0v) is 34.4. The van der Waals surface area contributed by atoms with Crippen molar-refractivity contribution in [2.45, 2.75) is 40.5 Å². The van der Waals surface area contributed by atoms with E-state index < -0.39 is 14.3 Å². The van der Waals surface area contributed by atoms with Crippen LogP contribution in [0.25, 0.3) is 34.2 Å². The molecule has 58 heavy (non-hydrogen) atoms. The number of fused-ring (bicyclic) bond motifs is 3. The third kappa shape index (κ3) is 5.92. The fraction of sp³-hybridized carbons (Fsp3) is 0.122. The molecule has 0 fully saturated rings. The highest BCUT2D eigenvalue weighted by Crippen LogP contribution is 2.60. The van der Waals surface area contributed by atoms with Gasteiger partial charge in [0, 0.05) is 33.7 Å². The van der Waals surface area contributed by atoms with E-state index in [1.807, 2.05) is 154 Å². The lowest BCUT2D eigenvalue weighted by atomic mass is 10.1. The number of aryl methyl sites for hydroxylation is 3. The van der Waals surface area contributed by atoms with E-state index in [0.29, 0.717) is 50.6 Å². The molecule has 0 radical (unpaired) electrons. The molecule has 10 rings (SSSR count). The normalized spacial score (nSPS) is 17.5. The lowest BCUT2D eigenvalue weighted by Gasteiger charge is -2.32. The summed E-state index contributed by atoms with van der Waals surface area (Å²) in [6.07, 6.45) is 3.66. The Bertz CT molecular complexity index is 2940. The van der Waals surface area contributed by atoms with Crippen molar-refractivity contribution in [1.82, 2.24) is 15.0 Å². The predicted octanol–water partition coefficient (Wildman–Crippen LogP) is 10.2. The largest absolute Gasteiger partial charge is 0.460 e. The number of hydrogen-bond donors (Lipinski definition) is 0. The first kappa shape index (κ1) is 36.2. The van der Waals surface area contributed by atoms with Gasteiger partial charge < -0.3 is 18.6 Å². The van der Waals surface area contributed by atoms with Gasteiger partial charge in [-0.25, -0.2) is 15.0 Å². The highest BCUT2D eigenvalue weighted by Gasteiger charge is 2.42. The molecular weight excluding hydrogens is 757 g/mol. The van der Waals surface area contributed by atoms with Gasteiger partial charge in [-0.2, -0.15) is 0 Å². The number of rotatable bonds is 5. The van der Waals surface area contributed by atoms with Crippen LogP contribution in [0.3, 0.4) is 0 Å². The van der Waals surface area contributed by atoms with Crippen molar-refractivity contribution in [3.8, 4) is 51.4 Å². The van der Waals surface area contributed by atoms with Crippen LogP contribution in [0.5, 0.6) is 17.2 Å². The number of benzene rings is 6. The van der Waals surface area contributed by atoms with Crippen LogP contribution < -0.4 is 36.0 Å². The third-order valence-electron chi connectivity index (χ3n) is 11.2. The SMILES string of the molecule is CC1=CC2=C(CC1)Oc1ccc(C)cc1P2(=O)c1ccc(-c2nc(-c3ccccc3)nc(-c3ccc(P4(=O)c5cc(C)ccc5Oc5ccc(C)cc54)cc3)n2)cc1. The van der Waals surface area contributed by atoms with Crippen molar-refractivity contribution in [1.29, 1.82) is 0 Å². The molecule has 9 heteroatoms. The van der Waals surface area contributed by atoms with Crippen molar-refractivity contribution in [2.75, 3.05) is 0 Å². The van der Waals surface area contributed by atoms with Crippen molar-refractivity contribution >= 4 is 40.8 Å². The van der Waals surface area contributed by atoms with Gasteiger partial charge in [-0.15, -0.1) is 0 Å². The van der Waals surface area contributed by atoms with Gasteiger partial charge in [0.05, 0.1) is 21.2 Å². The fourth-order valence-corrected chi connectivity index (χ4v) is 14.3. The Balaban J connectivity index is 1.07. The van der Waals surface area contributed by atoms with E-state index >= 15 is 9.13 Å². The van der Waals surface area contributed by atoms with E-state index in [1.54, 1.807) is 0 Å². The van der Waals surface area contributed by atoms with Crippen molar-refractivity contribution in [3.63, 3.8) is 0 Å². The molecule has 7 aromatic rings. The fourth-order valence-electron chi connectivity index (χ4n) is 8.13. The number of allylic oxidation sites excluding steroid dienone is 4. The monoisotopic (exact) mass is 795 g/mol. The second kappa shape index (κ2) is 13.8. The first-order valence-corrected chi connectivity index (χ1v) is 22.8. The first-order chi connectivity index (χ1) is 28.1. The summed E-state index contributed by atoms with van der Waals surface area (Å²) in [5, 5.41) is 4.32. The summed E-state index contributed by atoms with van der Waals surface area (Å²) in [7, 11) is -6.55. The van der Waals surface area contributed by atoms with Crippen LogP contribution in [0.15, 0.2) is 156 Å². The molecule has 1 atom stereocenters. The minimum atomic E-state index is -3.30. The maximum Gasteiger partial charge on any atom is 0.178 e. The highest BCUT2D eigenvalue weighted by atomic mass is 31.2. The standard InChI is InChI=1S/C49H39N3O4P2/c1-30-10-22-39-43(26-30)57(53,44-27-31(2)11-23-40(44)55-39)37-18-14-35(15-19-37)48-50-47(34-8-6-5-7-9-34)51-49(52-48)36-16-20-38(21-17-36)58(54)45-28-32(3)12-24-41(45)56-42-25-13-33(4)29-46(42)58/h5-12,14-24,26-29H,13,25H2,1-4H3. The van der Waals surface area contributed by atoms with Crippen LogP contribution in [0.4, 0.5) is 0 Å². The van der Waals surface area contributed by atoms with Crippen LogP contribution in [-0.4, -0.2) is 15.0 Å². The van der Waals surface area contributed by atoms with Crippen molar-refractivity contribution in [2.24, 2.45) is 0 Å². The average molecular weight is 796 g/mol. The molecule has 3 aliphatic rings. The first-order valence-electron chi connectivity index (χ1n) is 19.4. The summed E-state index contributed by atoms with van der Waals surface area (Å²) in [6, 6.07) is 43.0. The summed E-state index contributed by atoms with van der Waals surface area (Å²) < 4.78 is 43.7. The Hall–Kier alpha value is -6.13. The van der Waals surface area contributed by atoms with Crippen LogP contribution in [-0.2, 0) is 9.13 Å². The Morgan fingerprint density at radius 3 is 1.40 bits per heavy atom. The molecule has 1 aromatic heterocycles. The highest BCUT2D eigenvalue weighted by molar-refractivity contribution is 7.85. The number of ether oxygens (including phenoxy) is 2. The van der Waals surface area contributed by atoms with Crippen molar-refractivity contribution < 1.29 is 18.6 Å². The van der Waals surface area contributed by atoms with Gasteiger partial charge in [-0.3, -0.25) is 0 Å². The number of aromatic nitrogens is 3. The summed E-state index contributed by atoms with van der Waals surface area (Å²) >= 11 is 0. The van der Waals surface area contributed by atoms with Crippen LogP contribution >= 0.6 is 14.3 Å². The molecule has 0 N–H and O–H groups in total. The van der Waals surface area contributed by atoms with E-state index in [1.165, 1.54) is 5.57 Å². The molecule has 7 nitrogen and oxygen atoms in total. The molecule has 1 unspecified atom stereocenters. The summed E-state index contributed by atoms with van der Waals surface area (Å²) in [6.45, 7) is 8.11. The van der Waals surface area contributed by atoms with Crippen LogP contribution in [0.2, 0.25) is 0 Å². The Labute approximate surface area is 337 Å². The topological polar surface area (TPSA) is 91.3 Å². The second-order valence-electron chi connectivity index (χ2n) is 15.4. The molecule has 0 saturated heterocycles. The summed E-state index contributed by atoms with van der Waals surface area (Å²) in [4.78, 5) is 14.9. The maximum atomic E-state index is 15.5. The van der Waals surface area contributed by atoms with Gasteiger partial charge in [0.2, 0.25) is 0 Å². The molecule has 0 spiro atoms.